The molecule has 0 spiro atoms. The first-order valence-corrected chi connectivity index (χ1v) is 6.65. The maximum atomic E-state index is 13.5. The van der Waals surface area contributed by atoms with E-state index in [4.69, 9.17) is 5.84 Å². The second kappa shape index (κ2) is 6.02. The van der Waals surface area contributed by atoms with Gasteiger partial charge in [-0.25, -0.2) is 4.39 Å². The lowest BCUT2D eigenvalue weighted by molar-refractivity contribution is 0.0947. The number of hydrogen-bond donors (Lipinski definition) is 3. The quantitative estimate of drug-likeness (QED) is 0.578. The summed E-state index contributed by atoms with van der Waals surface area (Å²) in [5.41, 5.74) is 2.53. The Balaban J connectivity index is 1.98. The van der Waals surface area contributed by atoms with Crippen LogP contribution in [0.1, 0.15) is 36.5 Å². The van der Waals surface area contributed by atoms with Crippen LogP contribution in [-0.4, -0.2) is 12.5 Å². The van der Waals surface area contributed by atoms with E-state index in [0.29, 0.717) is 12.5 Å². The molecule has 4 nitrogen and oxygen atoms in total. The van der Waals surface area contributed by atoms with Crippen LogP contribution in [0.25, 0.3) is 0 Å². The molecule has 104 valence electrons. The lowest BCUT2D eigenvalue weighted by Crippen LogP contribution is -2.29. The van der Waals surface area contributed by atoms with Crippen LogP contribution in [0.5, 0.6) is 0 Å². The zero-order valence-corrected chi connectivity index (χ0v) is 11.1. The normalized spacial score (nSPS) is 22.3. The number of hydrogen-bond acceptors (Lipinski definition) is 3. The van der Waals surface area contributed by atoms with Gasteiger partial charge >= 0.3 is 0 Å². The van der Waals surface area contributed by atoms with Crippen LogP contribution in [0.3, 0.4) is 0 Å². The number of rotatable bonds is 4. The van der Waals surface area contributed by atoms with Crippen molar-refractivity contribution in [1.29, 1.82) is 0 Å². The van der Waals surface area contributed by atoms with Gasteiger partial charge in [-0.05, 0) is 36.8 Å². The summed E-state index contributed by atoms with van der Waals surface area (Å²) in [4.78, 5) is 12.0. The first-order valence-electron chi connectivity index (χ1n) is 6.65. The number of hydrazine groups is 1. The average molecular weight is 265 g/mol. The summed E-state index contributed by atoms with van der Waals surface area (Å²) in [7, 11) is 0. The van der Waals surface area contributed by atoms with Gasteiger partial charge in [0.05, 0.1) is 11.3 Å². The van der Waals surface area contributed by atoms with Gasteiger partial charge in [0.2, 0.25) is 0 Å². The third-order valence-electron chi connectivity index (χ3n) is 3.76. The minimum atomic E-state index is -0.523. The molecule has 4 N–H and O–H groups in total. The van der Waals surface area contributed by atoms with Crippen LogP contribution in [-0.2, 0) is 0 Å². The first-order chi connectivity index (χ1) is 9.11. The highest BCUT2D eigenvalue weighted by Gasteiger charge is 2.22. The van der Waals surface area contributed by atoms with Gasteiger partial charge in [-0.3, -0.25) is 10.6 Å². The van der Waals surface area contributed by atoms with E-state index in [0.717, 1.165) is 18.8 Å². The maximum Gasteiger partial charge on any atom is 0.253 e. The summed E-state index contributed by atoms with van der Waals surface area (Å²) in [5, 5.41) is 2.86. The number of nitrogen functional groups attached to an aromatic ring is 1. The van der Waals surface area contributed by atoms with Gasteiger partial charge in [0.15, 0.2) is 0 Å². The van der Waals surface area contributed by atoms with E-state index in [2.05, 4.69) is 17.7 Å². The summed E-state index contributed by atoms with van der Waals surface area (Å²) in [6, 6.07) is 4.33. The Kier molecular flexibility index (Phi) is 4.37. The van der Waals surface area contributed by atoms with Crippen molar-refractivity contribution in [3.05, 3.63) is 29.6 Å². The van der Waals surface area contributed by atoms with Crippen molar-refractivity contribution in [1.82, 2.24) is 5.32 Å². The summed E-state index contributed by atoms with van der Waals surface area (Å²) >= 11 is 0. The van der Waals surface area contributed by atoms with Crippen molar-refractivity contribution in [2.75, 3.05) is 12.0 Å². The molecule has 1 aliphatic rings. The van der Waals surface area contributed by atoms with Crippen molar-refractivity contribution < 1.29 is 9.18 Å². The first kappa shape index (κ1) is 13.8. The molecule has 0 radical (unpaired) electrons. The molecule has 1 aromatic carbocycles. The number of benzene rings is 1. The van der Waals surface area contributed by atoms with Gasteiger partial charge in [0, 0.05) is 6.54 Å². The predicted octanol–water partition coefficient (Wildman–Crippen LogP) is 2.28. The van der Waals surface area contributed by atoms with Crippen LogP contribution in [0, 0.1) is 17.7 Å². The highest BCUT2D eigenvalue weighted by atomic mass is 19.1. The van der Waals surface area contributed by atoms with Gasteiger partial charge in [-0.2, -0.15) is 0 Å². The highest BCUT2D eigenvalue weighted by Crippen LogP contribution is 2.29. The van der Waals surface area contributed by atoms with Gasteiger partial charge in [0.1, 0.15) is 5.82 Å². The Morgan fingerprint density at radius 3 is 2.89 bits per heavy atom. The molecule has 2 unspecified atom stereocenters. The summed E-state index contributed by atoms with van der Waals surface area (Å²) < 4.78 is 13.5. The number of para-hydroxylation sites is 1. The third kappa shape index (κ3) is 3.23. The molecule has 5 heteroatoms. The van der Waals surface area contributed by atoms with Crippen LogP contribution in [0.15, 0.2) is 18.2 Å². The Morgan fingerprint density at radius 2 is 2.26 bits per heavy atom. The molecule has 0 saturated heterocycles. The van der Waals surface area contributed by atoms with Gasteiger partial charge < -0.3 is 10.7 Å². The van der Waals surface area contributed by atoms with Crippen molar-refractivity contribution >= 4 is 11.6 Å². The zero-order valence-electron chi connectivity index (χ0n) is 11.1. The number of nitrogens with one attached hydrogen (secondary N) is 2. The Labute approximate surface area is 112 Å². The summed E-state index contributed by atoms with van der Waals surface area (Å²) in [6.07, 6.45) is 3.51. The Bertz CT molecular complexity index is 464. The largest absolute Gasteiger partial charge is 0.352 e. The Hall–Kier alpha value is -1.62. The topological polar surface area (TPSA) is 67.2 Å². The summed E-state index contributed by atoms with van der Waals surface area (Å²) in [5.74, 6) is 5.71. The number of halogens is 1. The second-order valence-corrected chi connectivity index (χ2v) is 5.30. The fourth-order valence-corrected chi connectivity index (χ4v) is 2.70. The number of carbonyl (C=O) groups excluding carboxylic acids is 1. The number of carbonyl (C=O) groups is 1. The lowest BCUT2D eigenvalue weighted by atomic mass is 10.1. The molecule has 1 aliphatic carbocycles. The number of nitrogens with two attached hydrogens (primary N) is 1. The van der Waals surface area contributed by atoms with Crippen molar-refractivity contribution in [3.63, 3.8) is 0 Å². The molecule has 2 atom stereocenters. The standard InChI is InChI=1S/C14H20FN3O/c1-9-5-6-10(7-9)8-17-14(19)11-3-2-4-12(15)13(11)18-16/h2-4,9-10,18H,5-8,16H2,1H3,(H,17,19). The van der Waals surface area contributed by atoms with E-state index in [1.54, 1.807) is 6.07 Å². The molecular weight excluding hydrogens is 245 g/mol. The van der Waals surface area contributed by atoms with Gasteiger partial charge in [-0.1, -0.05) is 19.4 Å². The fraction of sp³-hybridized carbons (Fsp3) is 0.500. The van der Waals surface area contributed by atoms with E-state index in [1.807, 2.05) is 0 Å². The third-order valence-corrected chi connectivity index (χ3v) is 3.76. The van der Waals surface area contributed by atoms with Crippen LogP contribution in [0.4, 0.5) is 10.1 Å². The molecule has 0 heterocycles. The van der Waals surface area contributed by atoms with Crippen molar-refractivity contribution in [2.45, 2.75) is 26.2 Å². The molecule has 19 heavy (non-hydrogen) atoms. The minimum Gasteiger partial charge on any atom is -0.352 e. The van der Waals surface area contributed by atoms with E-state index < -0.39 is 5.82 Å². The van der Waals surface area contributed by atoms with E-state index in [-0.39, 0.29) is 17.2 Å². The van der Waals surface area contributed by atoms with Crippen molar-refractivity contribution in [2.24, 2.45) is 17.7 Å². The zero-order chi connectivity index (χ0) is 13.8. The lowest BCUT2D eigenvalue weighted by Gasteiger charge is -2.13. The SMILES string of the molecule is CC1CCC(CNC(=O)c2cccc(F)c2NN)C1. The van der Waals surface area contributed by atoms with Gasteiger partial charge in [0.25, 0.3) is 5.91 Å². The molecule has 1 aromatic rings. The molecule has 0 aliphatic heterocycles. The molecule has 1 amide bonds. The minimum absolute atomic E-state index is 0.0415. The van der Waals surface area contributed by atoms with E-state index >= 15 is 0 Å². The molecule has 0 bridgehead atoms. The average Bonchev–Trinajstić information content (AvgIpc) is 2.81. The predicted molar refractivity (Wildman–Crippen MR) is 73.0 cm³/mol. The molecule has 2 rings (SSSR count). The fourth-order valence-electron chi connectivity index (χ4n) is 2.70. The monoisotopic (exact) mass is 265 g/mol. The smallest absolute Gasteiger partial charge is 0.253 e. The van der Waals surface area contributed by atoms with Gasteiger partial charge in [-0.15, -0.1) is 0 Å². The molecule has 0 aromatic heterocycles. The van der Waals surface area contributed by atoms with Crippen LogP contribution >= 0.6 is 0 Å². The summed E-state index contributed by atoms with van der Waals surface area (Å²) in [6.45, 7) is 2.87. The van der Waals surface area contributed by atoms with E-state index in [1.165, 1.54) is 18.6 Å². The maximum absolute atomic E-state index is 13.5. The van der Waals surface area contributed by atoms with Crippen LogP contribution < -0.4 is 16.6 Å². The second-order valence-electron chi connectivity index (χ2n) is 5.30. The molecule has 1 saturated carbocycles. The Morgan fingerprint density at radius 1 is 1.47 bits per heavy atom. The van der Waals surface area contributed by atoms with Crippen LogP contribution in [0.2, 0.25) is 0 Å². The van der Waals surface area contributed by atoms with E-state index in [9.17, 15) is 9.18 Å². The van der Waals surface area contributed by atoms with Crippen molar-refractivity contribution in [3.8, 4) is 0 Å². The molecule has 1 fully saturated rings. The number of anilines is 1. The highest BCUT2D eigenvalue weighted by molar-refractivity contribution is 5.99. The molecular formula is C14H20FN3O. The number of amides is 1.